The van der Waals surface area contributed by atoms with Crippen molar-refractivity contribution in [3.05, 3.63) is 72.1 Å². The summed E-state index contributed by atoms with van der Waals surface area (Å²) in [5.41, 5.74) is 2.95. The van der Waals surface area contributed by atoms with Crippen LogP contribution in [0.3, 0.4) is 0 Å². The molecule has 2 heterocycles. The highest BCUT2D eigenvalue weighted by Crippen LogP contribution is 2.28. The Labute approximate surface area is 133 Å². The smallest absolute Gasteiger partial charge is 0.150 e. The van der Waals surface area contributed by atoms with Crippen LogP contribution in [-0.2, 0) is 6.61 Å². The molecule has 0 aliphatic carbocycles. The number of benzene rings is 1. The topological polar surface area (TPSA) is 81.8 Å². The zero-order valence-corrected chi connectivity index (χ0v) is 12.3. The van der Waals surface area contributed by atoms with E-state index in [1.165, 1.54) is 0 Å². The lowest BCUT2D eigenvalue weighted by atomic mass is 10.0. The van der Waals surface area contributed by atoms with E-state index < -0.39 is 0 Å². The van der Waals surface area contributed by atoms with Gasteiger partial charge in [0.2, 0.25) is 0 Å². The Morgan fingerprint density at radius 1 is 1.04 bits per heavy atom. The standard InChI is InChI=1S/C18H14N4O/c19-11-16-15(14-4-2-1-3-5-14)7-9-21-18(16)22-17-10-13(12-23)6-8-20-17/h1-10,23H,12H2,(H,20,21,22). The third-order valence-electron chi connectivity index (χ3n) is 3.40. The third-order valence-corrected chi connectivity index (χ3v) is 3.40. The third kappa shape index (κ3) is 3.18. The van der Waals surface area contributed by atoms with E-state index in [9.17, 15) is 10.4 Å². The SMILES string of the molecule is N#Cc1c(-c2ccccc2)ccnc1Nc1cc(CO)ccn1. The first-order valence-electron chi connectivity index (χ1n) is 7.09. The molecule has 0 saturated heterocycles. The molecular weight excluding hydrogens is 288 g/mol. The van der Waals surface area contributed by atoms with Crippen molar-refractivity contribution >= 4 is 11.6 Å². The molecule has 0 aliphatic rings. The first-order valence-corrected chi connectivity index (χ1v) is 7.09. The molecule has 0 fully saturated rings. The van der Waals surface area contributed by atoms with Crippen LogP contribution < -0.4 is 5.32 Å². The van der Waals surface area contributed by atoms with Gasteiger partial charge in [0, 0.05) is 18.0 Å². The van der Waals surface area contributed by atoms with E-state index >= 15 is 0 Å². The van der Waals surface area contributed by atoms with Crippen molar-refractivity contribution < 1.29 is 5.11 Å². The highest BCUT2D eigenvalue weighted by molar-refractivity contribution is 5.77. The van der Waals surface area contributed by atoms with Gasteiger partial charge in [-0.15, -0.1) is 0 Å². The Hall–Kier alpha value is -3.23. The number of anilines is 2. The van der Waals surface area contributed by atoms with Crippen molar-refractivity contribution in [1.82, 2.24) is 9.97 Å². The number of hydrogen-bond acceptors (Lipinski definition) is 5. The molecule has 1 aromatic carbocycles. The predicted octanol–water partition coefficient (Wildman–Crippen LogP) is 3.25. The zero-order chi connectivity index (χ0) is 16.1. The molecule has 0 saturated carbocycles. The number of aromatic nitrogens is 2. The molecule has 0 amide bonds. The van der Waals surface area contributed by atoms with Crippen LogP contribution in [0.2, 0.25) is 0 Å². The minimum Gasteiger partial charge on any atom is -0.392 e. The van der Waals surface area contributed by atoms with Crippen molar-refractivity contribution in [2.24, 2.45) is 0 Å². The molecule has 2 N–H and O–H groups in total. The molecule has 0 bridgehead atoms. The molecule has 112 valence electrons. The molecule has 0 aliphatic heterocycles. The van der Waals surface area contributed by atoms with Gasteiger partial charge in [0.1, 0.15) is 23.3 Å². The number of nitrogens with one attached hydrogen (secondary N) is 1. The Balaban J connectivity index is 2.02. The van der Waals surface area contributed by atoms with Crippen LogP contribution in [0, 0.1) is 11.3 Å². The summed E-state index contributed by atoms with van der Waals surface area (Å²) in [6.45, 7) is -0.0697. The highest BCUT2D eigenvalue weighted by atomic mass is 16.3. The van der Waals surface area contributed by atoms with Gasteiger partial charge in [-0.3, -0.25) is 0 Å². The van der Waals surface area contributed by atoms with Gasteiger partial charge in [-0.1, -0.05) is 30.3 Å². The number of aliphatic hydroxyl groups excluding tert-OH is 1. The molecule has 3 aromatic rings. The van der Waals surface area contributed by atoms with Gasteiger partial charge in [-0.05, 0) is 29.3 Å². The fourth-order valence-electron chi connectivity index (χ4n) is 2.29. The molecule has 0 spiro atoms. The lowest BCUT2D eigenvalue weighted by Gasteiger charge is -2.11. The minimum absolute atomic E-state index is 0.0697. The van der Waals surface area contributed by atoms with Crippen molar-refractivity contribution in [3.8, 4) is 17.2 Å². The average Bonchev–Trinajstić information content (AvgIpc) is 2.62. The van der Waals surface area contributed by atoms with Gasteiger partial charge in [0.25, 0.3) is 0 Å². The van der Waals surface area contributed by atoms with E-state index in [2.05, 4.69) is 21.4 Å². The highest BCUT2D eigenvalue weighted by Gasteiger charge is 2.11. The summed E-state index contributed by atoms with van der Waals surface area (Å²) in [4.78, 5) is 8.44. The van der Waals surface area contributed by atoms with Crippen LogP contribution in [0.1, 0.15) is 11.1 Å². The maximum absolute atomic E-state index is 9.55. The molecule has 2 aromatic heterocycles. The van der Waals surface area contributed by atoms with Crippen LogP contribution in [0.15, 0.2) is 60.9 Å². The van der Waals surface area contributed by atoms with Crippen molar-refractivity contribution in [2.45, 2.75) is 6.61 Å². The van der Waals surface area contributed by atoms with E-state index in [0.29, 0.717) is 17.2 Å². The quantitative estimate of drug-likeness (QED) is 0.773. The molecule has 3 rings (SSSR count). The molecule has 23 heavy (non-hydrogen) atoms. The maximum atomic E-state index is 9.55. The summed E-state index contributed by atoms with van der Waals surface area (Å²) < 4.78 is 0. The summed E-state index contributed by atoms with van der Waals surface area (Å²) in [6.07, 6.45) is 3.25. The van der Waals surface area contributed by atoms with E-state index in [-0.39, 0.29) is 6.61 Å². The van der Waals surface area contributed by atoms with Crippen molar-refractivity contribution in [1.29, 1.82) is 5.26 Å². The van der Waals surface area contributed by atoms with Gasteiger partial charge in [0.15, 0.2) is 0 Å². The number of nitrogens with zero attached hydrogens (tertiary/aromatic N) is 3. The monoisotopic (exact) mass is 302 g/mol. The van der Waals surface area contributed by atoms with Crippen molar-refractivity contribution in [3.63, 3.8) is 0 Å². The number of nitriles is 1. The lowest BCUT2D eigenvalue weighted by Crippen LogP contribution is -2.01. The summed E-state index contributed by atoms with van der Waals surface area (Å²) in [5.74, 6) is 0.974. The summed E-state index contributed by atoms with van der Waals surface area (Å²) in [7, 11) is 0. The zero-order valence-electron chi connectivity index (χ0n) is 12.3. The first-order chi connectivity index (χ1) is 11.3. The van der Waals surface area contributed by atoms with E-state index in [1.807, 2.05) is 36.4 Å². The van der Waals surface area contributed by atoms with Crippen LogP contribution in [0.25, 0.3) is 11.1 Å². The van der Waals surface area contributed by atoms with Gasteiger partial charge < -0.3 is 10.4 Å². The Morgan fingerprint density at radius 3 is 2.57 bits per heavy atom. The molecule has 5 nitrogen and oxygen atoms in total. The van der Waals surface area contributed by atoms with Crippen LogP contribution in [0.5, 0.6) is 0 Å². The average molecular weight is 302 g/mol. The molecule has 0 atom stereocenters. The predicted molar refractivity (Wildman–Crippen MR) is 87.8 cm³/mol. The Kier molecular flexibility index (Phi) is 4.27. The largest absolute Gasteiger partial charge is 0.392 e. The fraction of sp³-hybridized carbons (Fsp3) is 0.0556. The summed E-state index contributed by atoms with van der Waals surface area (Å²) in [6, 6.07) is 17.2. The van der Waals surface area contributed by atoms with Gasteiger partial charge in [0.05, 0.1) is 6.61 Å². The van der Waals surface area contributed by atoms with Crippen LogP contribution in [0.4, 0.5) is 11.6 Å². The number of pyridine rings is 2. The molecular formula is C18H14N4O. The van der Waals surface area contributed by atoms with Crippen LogP contribution in [-0.4, -0.2) is 15.1 Å². The molecule has 0 unspecified atom stereocenters. The normalized spacial score (nSPS) is 10.1. The maximum Gasteiger partial charge on any atom is 0.150 e. The lowest BCUT2D eigenvalue weighted by molar-refractivity contribution is 0.282. The second-order valence-electron chi connectivity index (χ2n) is 4.89. The number of aliphatic hydroxyl groups is 1. The van der Waals surface area contributed by atoms with Crippen LogP contribution >= 0.6 is 0 Å². The molecule has 5 heteroatoms. The van der Waals surface area contributed by atoms with E-state index in [4.69, 9.17) is 0 Å². The van der Waals surface area contributed by atoms with Gasteiger partial charge in [-0.2, -0.15) is 5.26 Å². The van der Waals surface area contributed by atoms with Gasteiger partial charge >= 0.3 is 0 Å². The number of hydrogen-bond donors (Lipinski definition) is 2. The first kappa shape index (κ1) is 14.7. The number of rotatable bonds is 4. The Bertz CT molecular complexity index is 856. The Morgan fingerprint density at radius 2 is 1.83 bits per heavy atom. The summed E-state index contributed by atoms with van der Waals surface area (Å²) in [5, 5.41) is 21.8. The summed E-state index contributed by atoms with van der Waals surface area (Å²) >= 11 is 0. The fourth-order valence-corrected chi connectivity index (χ4v) is 2.29. The second kappa shape index (κ2) is 6.69. The second-order valence-corrected chi connectivity index (χ2v) is 4.89. The minimum atomic E-state index is -0.0697. The van der Waals surface area contributed by atoms with E-state index in [1.54, 1.807) is 24.5 Å². The van der Waals surface area contributed by atoms with Gasteiger partial charge in [-0.25, -0.2) is 9.97 Å². The molecule has 0 radical (unpaired) electrons. The van der Waals surface area contributed by atoms with E-state index in [0.717, 1.165) is 16.7 Å². The van der Waals surface area contributed by atoms with Crippen molar-refractivity contribution in [2.75, 3.05) is 5.32 Å².